The molecule has 112 valence electrons. The zero-order valence-corrected chi connectivity index (χ0v) is 12.6. The molecule has 1 aliphatic rings. The fourth-order valence-electron chi connectivity index (χ4n) is 2.89. The maximum Gasteiger partial charge on any atom is 0.227 e. The zero-order valence-electron chi connectivity index (χ0n) is 12.6. The van der Waals surface area contributed by atoms with E-state index in [1.165, 1.54) is 24.8 Å². The average Bonchev–Trinajstić information content (AvgIpc) is 2.83. The van der Waals surface area contributed by atoms with Crippen LogP contribution in [0.1, 0.15) is 37.6 Å². The number of nitrogens with zero attached hydrogens (tertiary/aromatic N) is 2. The molecule has 1 atom stereocenters. The van der Waals surface area contributed by atoms with Crippen LogP contribution in [0.5, 0.6) is 0 Å². The molecule has 0 amide bonds. The summed E-state index contributed by atoms with van der Waals surface area (Å²) in [6.45, 7) is 4.39. The summed E-state index contributed by atoms with van der Waals surface area (Å²) < 4.78 is 5.44. The molecule has 0 bridgehead atoms. The second-order valence-corrected chi connectivity index (χ2v) is 5.81. The molecule has 0 spiro atoms. The van der Waals surface area contributed by atoms with Crippen molar-refractivity contribution in [3.05, 3.63) is 35.7 Å². The summed E-state index contributed by atoms with van der Waals surface area (Å²) in [6.07, 6.45) is 5.64. The topological polar surface area (TPSA) is 51.0 Å². The standard InChI is InChI=1S/C17H23N3O/c1-2-13-5-7-15(8-6-13)17-19-16(21-20-17)12-14-4-3-10-18-11-9-14/h5-8,14,18H,2-4,9-12H2,1H3. The van der Waals surface area contributed by atoms with Gasteiger partial charge in [0.2, 0.25) is 11.7 Å². The quantitative estimate of drug-likeness (QED) is 0.937. The Labute approximate surface area is 126 Å². The van der Waals surface area contributed by atoms with E-state index in [1.807, 2.05) is 0 Å². The highest BCUT2D eigenvalue weighted by molar-refractivity contribution is 5.54. The maximum atomic E-state index is 5.44. The first kappa shape index (κ1) is 14.3. The summed E-state index contributed by atoms with van der Waals surface area (Å²) >= 11 is 0. The normalized spacial score (nSPS) is 19.4. The number of aromatic nitrogens is 2. The zero-order chi connectivity index (χ0) is 14.5. The van der Waals surface area contributed by atoms with Gasteiger partial charge in [0.05, 0.1) is 0 Å². The Morgan fingerprint density at radius 2 is 2.05 bits per heavy atom. The van der Waals surface area contributed by atoms with E-state index in [0.717, 1.165) is 37.4 Å². The summed E-state index contributed by atoms with van der Waals surface area (Å²) in [6, 6.07) is 8.40. The Bertz CT molecular complexity index is 554. The van der Waals surface area contributed by atoms with Gasteiger partial charge in [-0.15, -0.1) is 0 Å². The summed E-state index contributed by atoms with van der Waals surface area (Å²) in [5, 5.41) is 7.57. The van der Waals surface area contributed by atoms with E-state index in [0.29, 0.717) is 11.7 Å². The molecule has 1 aromatic carbocycles. The Morgan fingerprint density at radius 3 is 2.86 bits per heavy atom. The number of benzene rings is 1. The first-order valence-corrected chi connectivity index (χ1v) is 7.97. The van der Waals surface area contributed by atoms with Crippen molar-refractivity contribution >= 4 is 0 Å². The Balaban J connectivity index is 1.67. The molecular weight excluding hydrogens is 262 g/mol. The van der Waals surface area contributed by atoms with Crippen molar-refractivity contribution in [2.45, 2.75) is 39.0 Å². The van der Waals surface area contributed by atoms with Gasteiger partial charge < -0.3 is 9.84 Å². The largest absolute Gasteiger partial charge is 0.339 e. The van der Waals surface area contributed by atoms with Crippen molar-refractivity contribution in [2.24, 2.45) is 5.92 Å². The molecular formula is C17H23N3O. The lowest BCUT2D eigenvalue weighted by atomic mass is 9.97. The molecule has 0 saturated carbocycles. The molecule has 0 radical (unpaired) electrons. The summed E-state index contributed by atoms with van der Waals surface area (Å²) in [5.41, 5.74) is 2.36. The lowest BCUT2D eigenvalue weighted by Gasteiger charge is -2.09. The third-order valence-electron chi connectivity index (χ3n) is 4.25. The third-order valence-corrected chi connectivity index (χ3v) is 4.25. The molecule has 2 aromatic rings. The van der Waals surface area contributed by atoms with Gasteiger partial charge >= 0.3 is 0 Å². The van der Waals surface area contributed by atoms with Gasteiger partial charge in [-0.05, 0) is 50.3 Å². The molecule has 1 unspecified atom stereocenters. The van der Waals surface area contributed by atoms with Crippen LogP contribution in [0.15, 0.2) is 28.8 Å². The molecule has 1 aromatic heterocycles. The summed E-state index contributed by atoms with van der Waals surface area (Å²) in [7, 11) is 0. The Morgan fingerprint density at radius 1 is 1.19 bits per heavy atom. The second-order valence-electron chi connectivity index (χ2n) is 5.81. The van der Waals surface area contributed by atoms with E-state index >= 15 is 0 Å². The molecule has 1 fully saturated rings. The minimum atomic E-state index is 0.663. The van der Waals surface area contributed by atoms with Crippen LogP contribution >= 0.6 is 0 Å². The van der Waals surface area contributed by atoms with E-state index in [-0.39, 0.29) is 0 Å². The van der Waals surface area contributed by atoms with Crippen LogP contribution in [-0.4, -0.2) is 23.2 Å². The number of hydrogen-bond donors (Lipinski definition) is 1. The van der Waals surface area contributed by atoms with E-state index in [2.05, 4.69) is 46.6 Å². The van der Waals surface area contributed by atoms with Crippen molar-refractivity contribution in [2.75, 3.05) is 13.1 Å². The van der Waals surface area contributed by atoms with Crippen LogP contribution < -0.4 is 5.32 Å². The Hall–Kier alpha value is -1.68. The monoisotopic (exact) mass is 285 g/mol. The second kappa shape index (κ2) is 6.85. The lowest BCUT2D eigenvalue weighted by molar-refractivity contribution is 0.341. The Kier molecular flexibility index (Phi) is 4.65. The molecule has 21 heavy (non-hydrogen) atoms. The van der Waals surface area contributed by atoms with Gasteiger partial charge in [0.25, 0.3) is 0 Å². The first-order valence-electron chi connectivity index (χ1n) is 7.97. The number of hydrogen-bond acceptors (Lipinski definition) is 4. The van der Waals surface area contributed by atoms with Crippen LogP contribution in [0.4, 0.5) is 0 Å². The third kappa shape index (κ3) is 3.70. The minimum absolute atomic E-state index is 0.663. The maximum absolute atomic E-state index is 5.44. The van der Waals surface area contributed by atoms with Crippen molar-refractivity contribution in [3.8, 4) is 11.4 Å². The van der Waals surface area contributed by atoms with Gasteiger partial charge in [-0.3, -0.25) is 0 Å². The SMILES string of the molecule is CCc1ccc(-c2noc(CC3CCCNCC3)n2)cc1. The highest BCUT2D eigenvalue weighted by Crippen LogP contribution is 2.21. The fourth-order valence-corrected chi connectivity index (χ4v) is 2.89. The summed E-state index contributed by atoms with van der Waals surface area (Å²) in [4.78, 5) is 4.56. The van der Waals surface area contributed by atoms with E-state index in [9.17, 15) is 0 Å². The molecule has 4 heteroatoms. The van der Waals surface area contributed by atoms with Crippen molar-refractivity contribution in [3.63, 3.8) is 0 Å². The van der Waals surface area contributed by atoms with Crippen LogP contribution in [0.25, 0.3) is 11.4 Å². The van der Waals surface area contributed by atoms with Gasteiger partial charge in [-0.2, -0.15) is 4.98 Å². The van der Waals surface area contributed by atoms with E-state index < -0.39 is 0 Å². The molecule has 0 aliphatic carbocycles. The van der Waals surface area contributed by atoms with Gasteiger partial charge in [-0.1, -0.05) is 36.3 Å². The molecule has 2 heterocycles. The van der Waals surface area contributed by atoms with Gasteiger partial charge in [0, 0.05) is 12.0 Å². The fraction of sp³-hybridized carbons (Fsp3) is 0.529. The average molecular weight is 285 g/mol. The molecule has 1 saturated heterocycles. The van der Waals surface area contributed by atoms with Crippen LogP contribution in [0, 0.1) is 5.92 Å². The predicted octanol–water partition coefficient (Wildman–Crippen LogP) is 3.23. The molecule has 1 N–H and O–H groups in total. The molecule has 1 aliphatic heterocycles. The van der Waals surface area contributed by atoms with E-state index in [1.54, 1.807) is 0 Å². The number of rotatable bonds is 4. The lowest BCUT2D eigenvalue weighted by Crippen LogP contribution is -2.14. The van der Waals surface area contributed by atoms with Crippen LogP contribution in [0.3, 0.4) is 0 Å². The van der Waals surface area contributed by atoms with Crippen molar-refractivity contribution in [1.29, 1.82) is 0 Å². The van der Waals surface area contributed by atoms with Gasteiger partial charge in [0.1, 0.15) is 0 Å². The van der Waals surface area contributed by atoms with Crippen molar-refractivity contribution < 1.29 is 4.52 Å². The number of aryl methyl sites for hydroxylation is 1. The van der Waals surface area contributed by atoms with Crippen LogP contribution in [0.2, 0.25) is 0 Å². The smallest absolute Gasteiger partial charge is 0.227 e. The first-order chi connectivity index (χ1) is 10.3. The van der Waals surface area contributed by atoms with Gasteiger partial charge in [0.15, 0.2) is 0 Å². The highest BCUT2D eigenvalue weighted by Gasteiger charge is 2.17. The molecule has 3 rings (SSSR count). The van der Waals surface area contributed by atoms with Gasteiger partial charge in [-0.25, -0.2) is 0 Å². The van der Waals surface area contributed by atoms with Crippen LogP contribution in [-0.2, 0) is 12.8 Å². The molecule has 4 nitrogen and oxygen atoms in total. The number of nitrogens with one attached hydrogen (secondary N) is 1. The highest BCUT2D eigenvalue weighted by atomic mass is 16.5. The predicted molar refractivity (Wildman–Crippen MR) is 83.0 cm³/mol. The minimum Gasteiger partial charge on any atom is -0.339 e. The van der Waals surface area contributed by atoms with Crippen molar-refractivity contribution in [1.82, 2.24) is 15.5 Å². The van der Waals surface area contributed by atoms with E-state index in [4.69, 9.17) is 4.52 Å². The summed E-state index contributed by atoms with van der Waals surface area (Å²) in [5.74, 6) is 2.15.